The van der Waals surface area contributed by atoms with Gasteiger partial charge in [0.15, 0.2) is 0 Å². The average molecular weight is 356 g/mol. The lowest BCUT2D eigenvalue weighted by molar-refractivity contribution is -0.186. The Balaban J connectivity index is 2.17. The van der Waals surface area contributed by atoms with Crippen LogP contribution in [0.3, 0.4) is 0 Å². The standard InChI is InChI=1S/C15H14F6O3/c16-14(17,18)10-5-9(6-11(8-10)15(19,20)21)7-12(22)24-13-3-1-2-4-23-13/h5-6,8,13H,1-4,7H2. The van der Waals surface area contributed by atoms with Crippen LogP contribution in [0, 0.1) is 0 Å². The molecule has 1 aromatic carbocycles. The van der Waals surface area contributed by atoms with E-state index in [2.05, 4.69) is 0 Å². The molecular formula is C15H14F6O3. The third kappa shape index (κ3) is 5.12. The number of hydrogen-bond donors (Lipinski definition) is 0. The Labute approximate surface area is 133 Å². The molecule has 0 aliphatic carbocycles. The molecule has 0 aromatic heterocycles. The van der Waals surface area contributed by atoms with E-state index in [9.17, 15) is 31.1 Å². The minimum absolute atomic E-state index is 0.0130. The molecule has 1 heterocycles. The van der Waals surface area contributed by atoms with Gasteiger partial charge in [0.1, 0.15) is 0 Å². The number of carbonyl (C=O) groups is 1. The van der Waals surface area contributed by atoms with Crippen LogP contribution in [0.2, 0.25) is 0 Å². The van der Waals surface area contributed by atoms with Gasteiger partial charge in [0.05, 0.1) is 24.2 Å². The van der Waals surface area contributed by atoms with Crippen molar-refractivity contribution in [1.82, 2.24) is 0 Å². The van der Waals surface area contributed by atoms with Crippen molar-refractivity contribution in [3.05, 3.63) is 34.9 Å². The second-order valence-corrected chi connectivity index (χ2v) is 5.38. The molecular weight excluding hydrogens is 342 g/mol. The van der Waals surface area contributed by atoms with Gasteiger partial charge in [0.25, 0.3) is 0 Å². The monoisotopic (exact) mass is 356 g/mol. The predicted octanol–water partition coefficient (Wildman–Crippen LogP) is 4.34. The SMILES string of the molecule is O=C(Cc1cc(C(F)(F)F)cc(C(F)(F)F)c1)OC1CCCCO1. The Morgan fingerprint density at radius 3 is 2.08 bits per heavy atom. The second kappa shape index (κ2) is 7.00. The largest absolute Gasteiger partial charge is 0.436 e. The lowest BCUT2D eigenvalue weighted by Gasteiger charge is -2.22. The third-order valence-electron chi connectivity index (χ3n) is 3.40. The highest BCUT2D eigenvalue weighted by atomic mass is 19.4. The van der Waals surface area contributed by atoms with E-state index >= 15 is 0 Å². The fraction of sp³-hybridized carbons (Fsp3) is 0.533. The number of hydrogen-bond acceptors (Lipinski definition) is 3. The van der Waals surface area contributed by atoms with E-state index in [1.807, 2.05) is 0 Å². The molecule has 134 valence electrons. The molecule has 1 fully saturated rings. The van der Waals surface area contributed by atoms with E-state index in [1.54, 1.807) is 0 Å². The smallest absolute Gasteiger partial charge is 0.416 e. The van der Waals surface area contributed by atoms with Gasteiger partial charge < -0.3 is 9.47 Å². The molecule has 0 radical (unpaired) electrons. The van der Waals surface area contributed by atoms with Crippen LogP contribution in [0.4, 0.5) is 26.3 Å². The van der Waals surface area contributed by atoms with Gasteiger partial charge in [-0.2, -0.15) is 26.3 Å². The van der Waals surface area contributed by atoms with Gasteiger partial charge in [0, 0.05) is 6.42 Å². The van der Waals surface area contributed by atoms with Crippen LogP contribution >= 0.6 is 0 Å². The van der Waals surface area contributed by atoms with Gasteiger partial charge in [0.2, 0.25) is 6.29 Å². The van der Waals surface area contributed by atoms with Crippen LogP contribution in [-0.4, -0.2) is 18.9 Å². The van der Waals surface area contributed by atoms with Crippen molar-refractivity contribution in [2.75, 3.05) is 6.61 Å². The molecule has 1 unspecified atom stereocenters. The Morgan fingerprint density at radius 2 is 1.62 bits per heavy atom. The highest BCUT2D eigenvalue weighted by Gasteiger charge is 2.37. The zero-order valence-corrected chi connectivity index (χ0v) is 12.3. The van der Waals surface area contributed by atoms with Crippen LogP contribution < -0.4 is 0 Å². The fourth-order valence-electron chi connectivity index (χ4n) is 2.28. The van der Waals surface area contributed by atoms with Crippen molar-refractivity contribution in [3.8, 4) is 0 Å². The first-order valence-electron chi connectivity index (χ1n) is 7.15. The van der Waals surface area contributed by atoms with Crippen LogP contribution in [0.5, 0.6) is 0 Å². The van der Waals surface area contributed by atoms with Crippen LogP contribution in [-0.2, 0) is 33.0 Å². The summed E-state index contributed by atoms with van der Waals surface area (Å²) in [6.45, 7) is 0.389. The van der Waals surface area contributed by atoms with E-state index in [4.69, 9.17) is 9.47 Å². The average Bonchev–Trinajstić information content (AvgIpc) is 2.46. The first-order valence-corrected chi connectivity index (χ1v) is 7.15. The van der Waals surface area contributed by atoms with Crippen molar-refractivity contribution < 1.29 is 40.6 Å². The zero-order chi connectivity index (χ0) is 18.0. The normalized spacial score (nSPS) is 19.2. The number of alkyl halides is 6. The molecule has 9 heteroatoms. The number of ether oxygens (including phenoxy) is 2. The predicted molar refractivity (Wildman–Crippen MR) is 69.8 cm³/mol. The molecule has 0 spiro atoms. The van der Waals surface area contributed by atoms with Crippen molar-refractivity contribution in [1.29, 1.82) is 0 Å². The van der Waals surface area contributed by atoms with Crippen molar-refractivity contribution in [2.45, 2.75) is 44.3 Å². The maximum Gasteiger partial charge on any atom is 0.416 e. The summed E-state index contributed by atoms with van der Waals surface area (Å²) >= 11 is 0. The number of esters is 1. The number of halogens is 6. The van der Waals surface area contributed by atoms with Crippen LogP contribution in [0.15, 0.2) is 18.2 Å². The maximum absolute atomic E-state index is 12.7. The minimum atomic E-state index is -4.95. The molecule has 0 saturated carbocycles. The number of benzene rings is 1. The minimum Gasteiger partial charge on any atom is -0.436 e. The van der Waals surface area contributed by atoms with E-state index in [0.717, 1.165) is 12.8 Å². The van der Waals surface area contributed by atoms with E-state index in [-0.39, 0.29) is 6.07 Å². The molecule has 1 aliphatic rings. The fourth-order valence-corrected chi connectivity index (χ4v) is 2.28. The molecule has 24 heavy (non-hydrogen) atoms. The van der Waals surface area contributed by atoms with Gasteiger partial charge in [-0.1, -0.05) is 0 Å². The summed E-state index contributed by atoms with van der Waals surface area (Å²) in [5.41, 5.74) is -3.35. The molecule has 1 saturated heterocycles. The zero-order valence-electron chi connectivity index (χ0n) is 12.3. The molecule has 3 nitrogen and oxygen atoms in total. The molecule has 0 N–H and O–H groups in total. The lowest BCUT2D eigenvalue weighted by Crippen LogP contribution is -2.26. The molecule has 1 aromatic rings. The first-order chi connectivity index (χ1) is 11.1. The first kappa shape index (κ1) is 18.6. The van der Waals surface area contributed by atoms with Gasteiger partial charge in [-0.15, -0.1) is 0 Å². The summed E-state index contributed by atoms with van der Waals surface area (Å²) in [6, 6.07) is 1.04. The van der Waals surface area contributed by atoms with Crippen molar-refractivity contribution >= 4 is 5.97 Å². The molecule has 1 atom stereocenters. The van der Waals surface area contributed by atoms with Gasteiger partial charge in [-0.05, 0) is 36.6 Å². The van der Waals surface area contributed by atoms with Crippen molar-refractivity contribution in [3.63, 3.8) is 0 Å². The van der Waals surface area contributed by atoms with E-state index in [1.165, 1.54) is 0 Å². The second-order valence-electron chi connectivity index (χ2n) is 5.38. The Kier molecular flexibility index (Phi) is 5.42. The molecule has 0 bridgehead atoms. The van der Waals surface area contributed by atoms with Crippen LogP contribution in [0.25, 0.3) is 0 Å². The number of carbonyl (C=O) groups excluding carboxylic acids is 1. The van der Waals surface area contributed by atoms with Crippen molar-refractivity contribution in [2.24, 2.45) is 0 Å². The maximum atomic E-state index is 12.7. The van der Waals surface area contributed by atoms with E-state index < -0.39 is 47.7 Å². The Bertz CT molecular complexity index is 556. The topological polar surface area (TPSA) is 35.5 Å². The summed E-state index contributed by atoms with van der Waals surface area (Å²) in [5.74, 6) is -0.936. The van der Waals surface area contributed by atoms with Gasteiger partial charge >= 0.3 is 18.3 Å². The molecule has 1 aliphatic heterocycles. The molecule has 2 rings (SSSR count). The van der Waals surface area contributed by atoms with Crippen LogP contribution in [0.1, 0.15) is 36.0 Å². The Hall–Kier alpha value is -1.77. The summed E-state index contributed by atoms with van der Waals surface area (Å²) in [5, 5.41) is 0. The highest BCUT2D eigenvalue weighted by Crippen LogP contribution is 2.36. The third-order valence-corrected chi connectivity index (χ3v) is 3.40. The summed E-state index contributed by atoms with van der Waals surface area (Å²) in [4.78, 5) is 11.7. The number of rotatable bonds is 3. The summed E-state index contributed by atoms with van der Waals surface area (Å²) < 4.78 is 86.5. The quantitative estimate of drug-likeness (QED) is 0.597. The lowest BCUT2D eigenvalue weighted by atomic mass is 10.0. The summed E-state index contributed by atoms with van der Waals surface area (Å²) in [7, 11) is 0. The van der Waals surface area contributed by atoms with E-state index in [0.29, 0.717) is 25.2 Å². The molecule has 0 amide bonds. The van der Waals surface area contributed by atoms with Gasteiger partial charge in [-0.3, -0.25) is 4.79 Å². The highest BCUT2D eigenvalue weighted by molar-refractivity contribution is 5.72. The summed E-state index contributed by atoms with van der Waals surface area (Å²) in [6.07, 6.45) is -9.40. The Morgan fingerprint density at radius 1 is 1.04 bits per heavy atom. The van der Waals surface area contributed by atoms with Gasteiger partial charge in [-0.25, -0.2) is 0 Å².